The van der Waals surface area contributed by atoms with Crippen molar-refractivity contribution in [3.05, 3.63) is 65.4 Å². The summed E-state index contributed by atoms with van der Waals surface area (Å²) < 4.78 is 39.8. The molecule has 0 saturated carbocycles. The van der Waals surface area contributed by atoms with Gasteiger partial charge in [-0.3, -0.25) is 4.79 Å². The lowest BCUT2D eigenvalue weighted by Crippen LogP contribution is -2.18. The maximum Gasteiger partial charge on any atom is 0.416 e. The summed E-state index contributed by atoms with van der Waals surface area (Å²) in [4.78, 5) is 12.7. The second-order valence-corrected chi connectivity index (χ2v) is 5.76. The number of hydrogen-bond donors (Lipinski definition) is 1. The summed E-state index contributed by atoms with van der Waals surface area (Å²) >= 11 is 0. The number of alkyl halides is 3. The van der Waals surface area contributed by atoms with Gasteiger partial charge in [0, 0.05) is 23.1 Å². The summed E-state index contributed by atoms with van der Waals surface area (Å²) in [5, 5.41) is 3.67. The number of rotatable bonds is 3. The molecule has 2 aromatic carbocycles. The maximum absolute atomic E-state index is 12.7. The highest BCUT2D eigenvalue weighted by atomic mass is 19.4. The summed E-state index contributed by atoms with van der Waals surface area (Å²) in [7, 11) is 0. The number of anilines is 1. The second-order valence-electron chi connectivity index (χ2n) is 5.76. The lowest BCUT2D eigenvalue weighted by Gasteiger charge is -2.11. The maximum atomic E-state index is 12.7. The van der Waals surface area contributed by atoms with Gasteiger partial charge in [-0.25, -0.2) is 0 Å². The van der Waals surface area contributed by atoms with Crippen LogP contribution in [0.15, 0.2) is 48.5 Å². The fraction of sp³-hybridized carbons (Fsp3) is 0.211. The second kappa shape index (κ2) is 6.27. The Morgan fingerprint density at radius 2 is 1.72 bits per heavy atom. The molecule has 0 aliphatic heterocycles. The number of para-hydroxylation sites is 1. The third-order valence-corrected chi connectivity index (χ3v) is 4.23. The molecular weight excluding hydrogens is 329 g/mol. The van der Waals surface area contributed by atoms with E-state index in [-0.39, 0.29) is 5.91 Å². The van der Waals surface area contributed by atoms with E-state index >= 15 is 0 Å². The van der Waals surface area contributed by atoms with Crippen molar-refractivity contribution in [1.82, 2.24) is 4.57 Å². The van der Waals surface area contributed by atoms with Crippen molar-refractivity contribution in [3.63, 3.8) is 0 Å². The SMILES string of the molecule is CCn1c(C(=O)Nc2ccc(C(F)(F)F)cc2)c(C)c2ccccc21. The van der Waals surface area contributed by atoms with Crippen LogP contribution in [0, 0.1) is 6.92 Å². The first kappa shape index (κ1) is 17.1. The average molecular weight is 346 g/mol. The molecule has 130 valence electrons. The fourth-order valence-corrected chi connectivity index (χ4v) is 3.03. The number of hydrogen-bond acceptors (Lipinski definition) is 1. The first-order valence-electron chi connectivity index (χ1n) is 7.89. The Kier molecular flexibility index (Phi) is 4.29. The summed E-state index contributed by atoms with van der Waals surface area (Å²) in [5.41, 5.74) is 1.90. The highest BCUT2D eigenvalue weighted by Crippen LogP contribution is 2.30. The van der Waals surface area contributed by atoms with Crippen molar-refractivity contribution >= 4 is 22.5 Å². The van der Waals surface area contributed by atoms with E-state index in [9.17, 15) is 18.0 Å². The van der Waals surface area contributed by atoms with E-state index in [1.54, 1.807) is 0 Å². The molecule has 1 aromatic heterocycles. The number of aryl methyl sites for hydroxylation is 2. The molecule has 0 unspecified atom stereocenters. The van der Waals surface area contributed by atoms with Gasteiger partial charge in [-0.15, -0.1) is 0 Å². The van der Waals surface area contributed by atoms with Crippen molar-refractivity contribution in [2.24, 2.45) is 0 Å². The molecule has 0 aliphatic carbocycles. The van der Waals surface area contributed by atoms with E-state index < -0.39 is 11.7 Å². The molecule has 0 bridgehead atoms. The zero-order valence-corrected chi connectivity index (χ0v) is 13.8. The molecule has 3 rings (SSSR count). The van der Waals surface area contributed by atoms with Gasteiger partial charge in [0.25, 0.3) is 5.91 Å². The molecule has 0 atom stereocenters. The van der Waals surface area contributed by atoms with E-state index in [1.165, 1.54) is 12.1 Å². The van der Waals surface area contributed by atoms with Crippen LogP contribution in [0.4, 0.5) is 18.9 Å². The van der Waals surface area contributed by atoms with Crippen molar-refractivity contribution in [1.29, 1.82) is 0 Å². The molecular formula is C19H17F3N2O. The molecule has 0 spiro atoms. The number of carbonyl (C=O) groups is 1. The molecule has 0 fully saturated rings. The third-order valence-electron chi connectivity index (χ3n) is 4.23. The van der Waals surface area contributed by atoms with E-state index in [1.807, 2.05) is 42.7 Å². The van der Waals surface area contributed by atoms with Crippen LogP contribution in [-0.4, -0.2) is 10.5 Å². The standard InChI is InChI=1S/C19H17F3N2O/c1-3-24-16-7-5-4-6-15(16)12(2)17(24)18(25)23-14-10-8-13(9-11-14)19(20,21)22/h4-11H,3H2,1-2H3,(H,23,25). The molecule has 0 saturated heterocycles. The topological polar surface area (TPSA) is 34.0 Å². The minimum absolute atomic E-state index is 0.324. The van der Waals surface area contributed by atoms with Crippen LogP contribution in [-0.2, 0) is 12.7 Å². The van der Waals surface area contributed by atoms with Crippen LogP contribution >= 0.6 is 0 Å². The fourth-order valence-electron chi connectivity index (χ4n) is 3.03. The number of halogens is 3. The first-order valence-corrected chi connectivity index (χ1v) is 7.89. The van der Waals surface area contributed by atoms with E-state index in [0.29, 0.717) is 17.9 Å². The number of nitrogens with zero attached hydrogens (tertiary/aromatic N) is 1. The minimum atomic E-state index is -4.40. The van der Waals surface area contributed by atoms with Gasteiger partial charge in [0.05, 0.1) is 5.56 Å². The number of aromatic nitrogens is 1. The molecule has 3 aromatic rings. The Morgan fingerprint density at radius 3 is 2.32 bits per heavy atom. The van der Waals surface area contributed by atoms with Crippen molar-refractivity contribution in [2.75, 3.05) is 5.32 Å². The number of benzene rings is 2. The average Bonchev–Trinajstić information content (AvgIpc) is 2.87. The summed E-state index contributed by atoms with van der Waals surface area (Å²) in [5.74, 6) is -0.338. The summed E-state index contributed by atoms with van der Waals surface area (Å²) in [6.45, 7) is 4.43. The van der Waals surface area contributed by atoms with Gasteiger partial charge in [0.1, 0.15) is 5.69 Å². The molecule has 1 N–H and O–H groups in total. The number of carbonyl (C=O) groups excluding carboxylic acids is 1. The van der Waals surface area contributed by atoms with Crippen molar-refractivity contribution < 1.29 is 18.0 Å². The van der Waals surface area contributed by atoms with Gasteiger partial charge < -0.3 is 9.88 Å². The molecule has 3 nitrogen and oxygen atoms in total. The van der Waals surface area contributed by atoms with Gasteiger partial charge in [0.15, 0.2) is 0 Å². The Morgan fingerprint density at radius 1 is 1.08 bits per heavy atom. The third kappa shape index (κ3) is 3.12. The highest BCUT2D eigenvalue weighted by Gasteiger charge is 2.30. The Bertz CT molecular complexity index is 924. The summed E-state index contributed by atoms with van der Waals surface area (Å²) in [6, 6.07) is 12.1. The number of nitrogens with one attached hydrogen (secondary N) is 1. The molecule has 1 amide bonds. The van der Waals surface area contributed by atoms with Crippen LogP contribution in [0.5, 0.6) is 0 Å². The molecule has 1 heterocycles. The van der Waals surface area contributed by atoms with E-state index in [2.05, 4.69) is 5.32 Å². The largest absolute Gasteiger partial charge is 0.416 e. The van der Waals surface area contributed by atoms with Gasteiger partial charge in [-0.2, -0.15) is 13.2 Å². The van der Waals surface area contributed by atoms with E-state index in [4.69, 9.17) is 0 Å². The number of fused-ring (bicyclic) bond motifs is 1. The zero-order valence-electron chi connectivity index (χ0n) is 13.8. The molecule has 25 heavy (non-hydrogen) atoms. The molecule has 6 heteroatoms. The van der Waals surface area contributed by atoms with Gasteiger partial charge in [-0.05, 0) is 49.7 Å². The van der Waals surface area contributed by atoms with Gasteiger partial charge in [-0.1, -0.05) is 18.2 Å². The van der Waals surface area contributed by atoms with Crippen molar-refractivity contribution in [2.45, 2.75) is 26.6 Å². The monoisotopic (exact) mass is 346 g/mol. The zero-order chi connectivity index (χ0) is 18.2. The first-order chi connectivity index (χ1) is 11.8. The van der Waals surface area contributed by atoms with Crippen LogP contribution < -0.4 is 5.32 Å². The Balaban J connectivity index is 1.94. The van der Waals surface area contributed by atoms with Crippen LogP contribution in [0.1, 0.15) is 28.5 Å². The molecule has 0 aliphatic rings. The Hall–Kier alpha value is -2.76. The lowest BCUT2D eigenvalue weighted by atomic mass is 10.1. The lowest BCUT2D eigenvalue weighted by molar-refractivity contribution is -0.137. The van der Waals surface area contributed by atoms with Crippen LogP contribution in [0.25, 0.3) is 10.9 Å². The van der Waals surface area contributed by atoms with Crippen LogP contribution in [0.2, 0.25) is 0 Å². The van der Waals surface area contributed by atoms with Crippen LogP contribution in [0.3, 0.4) is 0 Å². The van der Waals surface area contributed by atoms with E-state index in [0.717, 1.165) is 28.6 Å². The van der Waals surface area contributed by atoms with Gasteiger partial charge in [0.2, 0.25) is 0 Å². The normalized spacial score (nSPS) is 11.7. The van der Waals surface area contributed by atoms with Crippen molar-refractivity contribution in [3.8, 4) is 0 Å². The highest BCUT2D eigenvalue weighted by molar-refractivity contribution is 6.08. The quantitative estimate of drug-likeness (QED) is 0.691. The van der Waals surface area contributed by atoms with Gasteiger partial charge >= 0.3 is 6.18 Å². The number of amides is 1. The predicted molar refractivity (Wildman–Crippen MR) is 91.7 cm³/mol. The predicted octanol–water partition coefficient (Wildman–Crippen LogP) is 5.24. The Labute approximate surface area is 143 Å². The minimum Gasteiger partial charge on any atom is -0.337 e. The summed E-state index contributed by atoms with van der Waals surface area (Å²) in [6.07, 6.45) is -4.40. The smallest absolute Gasteiger partial charge is 0.337 e. The molecule has 0 radical (unpaired) electrons.